The topological polar surface area (TPSA) is 52.0 Å². The van der Waals surface area contributed by atoms with Crippen molar-refractivity contribution in [3.05, 3.63) is 0 Å². The molecule has 0 aromatic carbocycles. The van der Waals surface area contributed by atoms with Crippen molar-refractivity contribution in [2.24, 2.45) is 11.5 Å². The van der Waals surface area contributed by atoms with Crippen LogP contribution in [0.3, 0.4) is 0 Å². The minimum atomic E-state index is 0.186. The first kappa shape index (κ1) is 3.85. The Bertz CT molecular complexity index is 87.7. The molecule has 0 amide bonds. The molecule has 1 saturated carbocycles. The van der Waals surface area contributed by atoms with Gasteiger partial charge in [-0.1, -0.05) is 12.8 Å². The average Bonchev–Trinajstić information content (AvgIpc) is 2.04. The van der Waals surface area contributed by atoms with E-state index in [2.05, 4.69) is 11.5 Å². The predicted octanol–water partition coefficient (Wildman–Crippen LogP) is 0.215. The molecule has 1 aliphatic carbocycles. The Morgan fingerprint density at radius 3 is 2.00 bits per heavy atom. The third-order valence-corrected chi connectivity index (χ3v) is 1.77. The number of hydrogen-bond acceptors (Lipinski definition) is 2. The predicted molar refractivity (Wildman–Crippen MR) is 34.4 cm³/mol. The molecule has 0 spiro atoms. The van der Waals surface area contributed by atoms with Crippen LogP contribution in [0.4, 0.5) is 0 Å². The van der Waals surface area contributed by atoms with Crippen LogP contribution in [0.2, 0.25) is 2.82 Å². The summed E-state index contributed by atoms with van der Waals surface area (Å²) >= 11 is 0. The van der Waals surface area contributed by atoms with Crippen molar-refractivity contribution in [2.45, 2.75) is 37.8 Å². The van der Waals surface area contributed by atoms with E-state index in [4.69, 9.17) is 2.82 Å². The van der Waals surface area contributed by atoms with Crippen LogP contribution in [-0.2, 0) is 0 Å². The molecule has 0 radical (unpaired) electrons. The van der Waals surface area contributed by atoms with Gasteiger partial charge < -0.3 is 11.5 Å². The Kier molecular flexibility index (Phi) is 1.19. The lowest BCUT2D eigenvalue weighted by atomic mass is 9.92. The standard InChI is InChI=1S/C6H14N2/c7-5-3-1-2-4-6(5)8/h5-6H,1-4,7-8H2/t5-,6-/m0/s1/i/hD2. The second-order valence-electron chi connectivity index (χ2n) is 2.50. The van der Waals surface area contributed by atoms with E-state index >= 15 is 0 Å². The van der Waals surface area contributed by atoms with Crippen LogP contribution in [0.5, 0.6) is 0 Å². The summed E-state index contributed by atoms with van der Waals surface area (Å²) in [6.07, 6.45) is 4.43. The number of rotatable bonds is 2. The first-order valence-electron chi connectivity index (χ1n) is 4.23. The zero-order valence-electron chi connectivity index (χ0n) is 6.98. The fourth-order valence-electron chi connectivity index (χ4n) is 1.13. The minimum Gasteiger partial charge on any atom is -0.326 e. The normalized spacial score (nSPS) is 43.0. The molecular weight excluding hydrogens is 100 g/mol. The molecule has 1 rings (SSSR count). The third kappa shape index (κ3) is 1.20. The minimum absolute atomic E-state index is 0.186. The Labute approximate surface area is 53.2 Å². The maximum Gasteiger partial charge on any atom is 0.119 e. The van der Waals surface area contributed by atoms with E-state index in [0.717, 1.165) is 12.8 Å². The van der Waals surface area contributed by atoms with Gasteiger partial charge in [-0.15, -0.1) is 0 Å². The quantitative estimate of drug-likeness (QED) is 0.542. The third-order valence-electron chi connectivity index (χ3n) is 1.77. The molecular formula is C6H14N2. The van der Waals surface area contributed by atoms with Crippen LogP contribution in [0.25, 0.3) is 0 Å². The van der Waals surface area contributed by atoms with E-state index in [-0.39, 0.29) is 12.1 Å². The van der Waals surface area contributed by atoms with Crippen molar-refractivity contribution in [1.29, 1.82) is 0 Å². The van der Waals surface area contributed by atoms with Crippen molar-refractivity contribution >= 4 is 0 Å². The summed E-state index contributed by atoms with van der Waals surface area (Å²) in [6.45, 7) is 0. The molecule has 0 aromatic rings. The summed E-state index contributed by atoms with van der Waals surface area (Å²) in [5, 5.41) is 0. The molecule has 48 valence electrons. The number of hydrogen-bond donors (Lipinski definition) is 2. The van der Waals surface area contributed by atoms with Crippen LogP contribution in [0, 0.1) is 0 Å². The highest BCUT2D eigenvalue weighted by atomic mass is 14.8. The van der Waals surface area contributed by atoms with Gasteiger partial charge in [-0.2, -0.15) is 0 Å². The van der Waals surface area contributed by atoms with Crippen LogP contribution in [0.1, 0.15) is 25.7 Å². The Morgan fingerprint density at radius 2 is 1.62 bits per heavy atom. The summed E-state index contributed by atoms with van der Waals surface area (Å²) in [5.74, 6) is 0. The molecule has 4 N–H and O–H groups in total. The second kappa shape index (κ2) is 2.46. The zero-order chi connectivity index (χ0) is 7.40. The lowest BCUT2D eigenvalue weighted by Crippen LogP contribution is -2.43. The molecule has 0 unspecified atom stereocenters. The SMILES string of the molecule is [2H]N[C@H]1CCCC[C@@H]1N[2H]. The first-order valence-corrected chi connectivity index (χ1v) is 3.23. The second-order valence-corrected chi connectivity index (χ2v) is 2.50. The fourth-order valence-corrected chi connectivity index (χ4v) is 1.13. The maximum atomic E-state index is 6.96. The van der Waals surface area contributed by atoms with E-state index < -0.39 is 0 Å². The average molecular weight is 116 g/mol. The van der Waals surface area contributed by atoms with Crippen LogP contribution in [-0.4, -0.2) is 12.1 Å². The molecule has 0 bridgehead atoms. The highest BCUT2D eigenvalue weighted by molar-refractivity contribution is 4.79. The molecule has 0 saturated heterocycles. The van der Waals surface area contributed by atoms with Crippen molar-refractivity contribution in [1.82, 2.24) is 0 Å². The Balaban J connectivity index is 2.34. The van der Waals surface area contributed by atoms with Crippen LogP contribution in [0.15, 0.2) is 0 Å². The fraction of sp³-hybridized carbons (Fsp3) is 1.00. The lowest BCUT2D eigenvalue weighted by molar-refractivity contribution is 0.385. The van der Waals surface area contributed by atoms with Gasteiger partial charge in [0.2, 0.25) is 0 Å². The van der Waals surface area contributed by atoms with Crippen molar-refractivity contribution in [2.75, 3.05) is 0 Å². The first-order chi connectivity index (χ1) is 4.88. The molecule has 0 aliphatic heterocycles. The van der Waals surface area contributed by atoms with Gasteiger partial charge in [0, 0.05) is 12.1 Å². The molecule has 8 heavy (non-hydrogen) atoms. The van der Waals surface area contributed by atoms with Gasteiger partial charge in [0.1, 0.15) is 2.82 Å². The molecule has 2 heteroatoms. The van der Waals surface area contributed by atoms with Crippen molar-refractivity contribution in [3.8, 4) is 0 Å². The summed E-state index contributed by atoms with van der Waals surface area (Å²) in [5.41, 5.74) is 4.94. The molecule has 2 nitrogen and oxygen atoms in total. The summed E-state index contributed by atoms with van der Waals surface area (Å²) in [6, 6.07) is 0.373. The summed E-state index contributed by atoms with van der Waals surface area (Å²) < 4.78 is 13.9. The van der Waals surface area contributed by atoms with Gasteiger partial charge >= 0.3 is 0 Å². The molecule has 2 atom stereocenters. The van der Waals surface area contributed by atoms with E-state index in [0.29, 0.717) is 0 Å². The Hall–Kier alpha value is -0.0800. The van der Waals surface area contributed by atoms with Crippen LogP contribution >= 0.6 is 0 Å². The van der Waals surface area contributed by atoms with Gasteiger partial charge in [0.15, 0.2) is 0 Å². The van der Waals surface area contributed by atoms with E-state index in [1.54, 1.807) is 0 Å². The number of nitrogens with two attached hydrogens (primary N) is 2. The van der Waals surface area contributed by atoms with Crippen molar-refractivity contribution < 1.29 is 2.82 Å². The maximum absolute atomic E-state index is 6.96. The molecule has 1 fully saturated rings. The summed E-state index contributed by atoms with van der Waals surface area (Å²) in [4.78, 5) is 0. The monoisotopic (exact) mass is 116 g/mol. The van der Waals surface area contributed by atoms with Gasteiger partial charge in [-0.05, 0) is 12.8 Å². The van der Waals surface area contributed by atoms with Gasteiger partial charge in [0.05, 0.1) is 0 Å². The lowest BCUT2D eigenvalue weighted by Gasteiger charge is -2.24. The summed E-state index contributed by atoms with van der Waals surface area (Å²) in [7, 11) is 0. The van der Waals surface area contributed by atoms with E-state index in [1.807, 2.05) is 0 Å². The highest BCUT2D eigenvalue weighted by Crippen LogP contribution is 2.14. The van der Waals surface area contributed by atoms with E-state index in [1.165, 1.54) is 12.8 Å². The van der Waals surface area contributed by atoms with Gasteiger partial charge in [-0.3, -0.25) is 0 Å². The van der Waals surface area contributed by atoms with Gasteiger partial charge in [-0.25, -0.2) is 0 Å². The molecule has 0 aromatic heterocycles. The molecule has 0 heterocycles. The van der Waals surface area contributed by atoms with E-state index in [9.17, 15) is 0 Å². The Morgan fingerprint density at radius 1 is 1.12 bits per heavy atom. The molecule has 1 aliphatic rings. The van der Waals surface area contributed by atoms with Gasteiger partial charge in [0.25, 0.3) is 0 Å². The zero-order valence-corrected chi connectivity index (χ0v) is 4.98. The highest BCUT2D eigenvalue weighted by Gasteiger charge is 2.16. The largest absolute Gasteiger partial charge is 0.326 e. The smallest absolute Gasteiger partial charge is 0.119 e. The van der Waals surface area contributed by atoms with Crippen molar-refractivity contribution in [3.63, 3.8) is 0 Å². The van der Waals surface area contributed by atoms with Crippen LogP contribution < -0.4 is 11.5 Å².